The number of hydrogen-bond donors (Lipinski definition) is 2. The summed E-state index contributed by atoms with van der Waals surface area (Å²) >= 11 is 0. The van der Waals surface area contributed by atoms with Gasteiger partial charge in [-0.25, -0.2) is 0 Å². The summed E-state index contributed by atoms with van der Waals surface area (Å²) in [7, 11) is 1.61. The molecule has 0 saturated carbocycles. The Morgan fingerprint density at radius 3 is 3.05 bits per heavy atom. The molecule has 0 atom stereocenters. The molecule has 2 N–H and O–H groups in total. The minimum absolute atomic E-state index is 0.282. The van der Waals surface area contributed by atoms with E-state index in [0.717, 1.165) is 30.8 Å². The van der Waals surface area contributed by atoms with Crippen molar-refractivity contribution in [2.75, 3.05) is 13.7 Å². The fourth-order valence-electron chi connectivity index (χ4n) is 1.77. The Bertz CT molecular complexity index is 499. The average Bonchev–Trinajstić information content (AvgIpc) is 2.93. The smallest absolute Gasteiger partial charge is 0.120 e. The van der Waals surface area contributed by atoms with Gasteiger partial charge in [-0.05, 0) is 31.2 Å². The zero-order valence-corrected chi connectivity index (χ0v) is 10.9. The molecule has 0 amide bonds. The van der Waals surface area contributed by atoms with Crippen LogP contribution in [-0.4, -0.2) is 33.8 Å². The number of hydrogen-bond acceptors (Lipinski definition) is 5. The van der Waals surface area contributed by atoms with E-state index in [2.05, 4.69) is 15.6 Å². The highest BCUT2D eigenvalue weighted by molar-refractivity contribution is 5.39. The van der Waals surface area contributed by atoms with Gasteiger partial charge in [-0.3, -0.25) is 4.68 Å². The number of aromatic nitrogens is 3. The highest BCUT2D eigenvalue weighted by Gasteiger charge is 2.02. The van der Waals surface area contributed by atoms with Gasteiger partial charge in [0.1, 0.15) is 11.5 Å². The second-order valence-corrected chi connectivity index (χ2v) is 4.19. The Labute approximate surface area is 112 Å². The molecule has 0 fully saturated rings. The van der Waals surface area contributed by atoms with E-state index in [-0.39, 0.29) is 5.75 Å². The van der Waals surface area contributed by atoms with Crippen LogP contribution in [0.3, 0.4) is 0 Å². The van der Waals surface area contributed by atoms with Crippen molar-refractivity contribution in [3.8, 4) is 11.5 Å². The van der Waals surface area contributed by atoms with E-state index < -0.39 is 0 Å². The number of phenolic OH excluding ortho intramolecular Hbond substituents is 1. The highest BCUT2D eigenvalue weighted by atomic mass is 16.5. The number of aryl methyl sites for hydroxylation is 1. The van der Waals surface area contributed by atoms with E-state index in [1.165, 1.54) is 0 Å². The molecule has 102 valence electrons. The molecular weight excluding hydrogens is 244 g/mol. The van der Waals surface area contributed by atoms with Crippen LogP contribution in [0.2, 0.25) is 0 Å². The molecule has 1 aromatic heterocycles. The first-order valence-corrected chi connectivity index (χ1v) is 6.20. The van der Waals surface area contributed by atoms with Crippen LogP contribution in [0.4, 0.5) is 0 Å². The molecule has 19 heavy (non-hydrogen) atoms. The SMILES string of the molecule is COc1ccc(O)c(CNCCCn2ccnn2)c1. The van der Waals surface area contributed by atoms with Crippen molar-refractivity contribution < 1.29 is 9.84 Å². The van der Waals surface area contributed by atoms with Gasteiger partial charge in [0.15, 0.2) is 0 Å². The summed E-state index contributed by atoms with van der Waals surface area (Å²) in [5, 5.41) is 20.6. The van der Waals surface area contributed by atoms with Crippen LogP contribution in [0.1, 0.15) is 12.0 Å². The number of aromatic hydroxyl groups is 1. The van der Waals surface area contributed by atoms with Gasteiger partial charge in [0, 0.05) is 24.8 Å². The van der Waals surface area contributed by atoms with Gasteiger partial charge in [-0.2, -0.15) is 0 Å². The number of phenols is 1. The summed E-state index contributed by atoms with van der Waals surface area (Å²) in [6.45, 7) is 2.29. The Hall–Kier alpha value is -2.08. The number of nitrogens with one attached hydrogen (secondary N) is 1. The van der Waals surface area contributed by atoms with Crippen molar-refractivity contribution in [1.82, 2.24) is 20.3 Å². The van der Waals surface area contributed by atoms with Crippen molar-refractivity contribution in [3.63, 3.8) is 0 Å². The monoisotopic (exact) mass is 262 g/mol. The Kier molecular flexibility index (Phi) is 4.74. The second-order valence-electron chi connectivity index (χ2n) is 4.19. The quantitative estimate of drug-likeness (QED) is 0.733. The molecule has 0 unspecified atom stereocenters. The first-order chi connectivity index (χ1) is 9.29. The summed E-state index contributed by atoms with van der Waals surface area (Å²) in [6, 6.07) is 5.22. The Morgan fingerprint density at radius 2 is 2.32 bits per heavy atom. The Morgan fingerprint density at radius 1 is 1.42 bits per heavy atom. The fraction of sp³-hybridized carbons (Fsp3) is 0.385. The lowest BCUT2D eigenvalue weighted by Crippen LogP contribution is -2.16. The van der Waals surface area contributed by atoms with Gasteiger partial charge in [-0.15, -0.1) is 5.10 Å². The lowest BCUT2D eigenvalue weighted by atomic mass is 10.2. The van der Waals surface area contributed by atoms with E-state index in [1.807, 2.05) is 12.3 Å². The summed E-state index contributed by atoms with van der Waals surface area (Å²) in [5.41, 5.74) is 0.833. The molecule has 0 aliphatic carbocycles. The van der Waals surface area contributed by atoms with Crippen LogP contribution in [0.15, 0.2) is 30.6 Å². The molecule has 1 heterocycles. The van der Waals surface area contributed by atoms with Crippen molar-refractivity contribution >= 4 is 0 Å². The number of benzene rings is 1. The summed E-state index contributed by atoms with van der Waals surface area (Å²) < 4.78 is 6.93. The topological polar surface area (TPSA) is 72.2 Å². The van der Waals surface area contributed by atoms with Crippen LogP contribution < -0.4 is 10.1 Å². The molecule has 0 aliphatic rings. The highest BCUT2D eigenvalue weighted by Crippen LogP contribution is 2.22. The van der Waals surface area contributed by atoms with E-state index >= 15 is 0 Å². The molecule has 2 aromatic rings. The van der Waals surface area contributed by atoms with Crippen molar-refractivity contribution in [2.24, 2.45) is 0 Å². The minimum Gasteiger partial charge on any atom is -0.508 e. The van der Waals surface area contributed by atoms with E-state index in [9.17, 15) is 5.11 Å². The predicted molar refractivity (Wildman–Crippen MR) is 71.0 cm³/mol. The van der Waals surface area contributed by atoms with Gasteiger partial charge in [0.2, 0.25) is 0 Å². The van der Waals surface area contributed by atoms with Crippen LogP contribution in [0.25, 0.3) is 0 Å². The summed E-state index contributed by atoms with van der Waals surface area (Å²) in [4.78, 5) is 0. The maximum Gasteiger partial charge on any atom is 0.120 e. The van der Waals surface area contributed by atoms with Gasteiger partial charge in [0.05, 0.1) is 13.3 Å². The molecule has 1 aromatic carbocycles. The third-order valence-corrected chi connectivity index (χ3v) is 2.81. The van der Waals surface area contributed by atoms with Crippen molar-refractivity contribution in [2.45, 2.75) is 19.5 Å². The molecule has 0 spiro atoms. The van der Waals surface area contributed by atoms with Gasteiger partial charge >= 0.3 is 0 Å². The zero-order valence-electron chi connectivity index (χ0n) is 10.9. The average molecular weight is 262 g/mol. The molecule has 6 nitrogen and oxygen atoms in total. The predicted octanol–water partition coefficient (Wildman–Crippen LogP) is 1.17. The van der Waals surface area contributed by atoms with Crippen molar-refractivity contribution in [3.05, 3.63) is 36.2 Å². The molecular formula is C13H18N4O2. The summed E-state index contributed by atoms with van der Waals surface area (Å²) in [6.07, 6.45) is 4.46. The molecule has 6 heteroatoms. The van der Waals surface area contributed by atoms with Gasteiger partial charge in [0.25, 0.3) is 0 Å². The zero-order chi connectivity index (χ0) is 13.5. The molecule has 0 bridgehead atoms. The van der Waals surface area contributed by atoms with E-state index in [4.69, 9.17) is 4.74 Å². The number of ether oxygens (including phenoxy) is 1. The van der Waals surface area contributed by atoms with Crippen LogP contribution in [0.5, 0.6) is 11.5 Å². The number of nitrogens with zero attached hydrogens (tertiary/aromatic N) is 3. The maximum atomic E-state index is 9.72. The van der Waals surface area contributed by atoms with Crippen LogP contribution >= 0.6 is 0 Å². The lowest BCUT2D eigenvalue weighted by molar-refractivity contribution is 0.410. The molecule has 0 aliphatic heterocycles. The van der Waals surface area contributed by atoms with Crippen LogP contribution in [0, 0.1) is 0 Å². The molecule has 0 saturated heterocycles. The standard InChI is InChI=1S/C13H18N4O2/c1-19-12-3-4-13(18)11(9-12)10-14-5-2-7-17-8-6-15-16-17/h3-4,6,8-9,14,18H,2,5,7,10H2,1H3. The first-order valence-electron chi connectivity index (χ1n) is 6.20. The minimum atomic E-state index is 0.282. The number of rotatable bonds is 7. The van der Waals surface area contributed by atoms with E-state index in [1.54, 1.807) is 30.1 Å². The Balaban J connectivity index is 1.73. The maximum absolute atomic E-state index is 9.72. The third kappa shape index (κ3) is 3.96. The number of methoxy groups -OCH3 is 1. The summed E-state index contributed by atoms with van der Waals surface area (Å²) in [5.74, 6) is 1.03. The second kappa shape index (κ2) is 6.75. The molecule has 0 radical (unpaired) electrons. The van der Waals surface area contributed by atoms with Gasteiger partial charge in [-0.1, -0.05) is 5.21 Å². The fourth-order valence-corrected chi connectivity index (χ4v) is 1.77. The normalized spacial score (nSPS) is 10.6. The van der Waals surface area contributed by atoms with Crippen molar-refractivity contribution in [1.29, 1.82) is 0 Å². The third-order valence-electron chi connectivity index (χ3n) is 2.81. The van der Waals surface area contributed by atoms with Crippen LogP contribution in [-0.2, 0) is 13.1 Å². The van der Waals surface area contributed by atoms with E-state index in [0.29, 0.717) is 6.54 Å². The van der Waals surface area contributed by atoms with Gasteiger partial charge < -0.3 is 15.2 Å². The largest absolute Gasteiger partial charge is 0.508 e. The lowest BCUT2D eigenvalue weighted by Gasteiger charge is -2.08. The molecule has 2 rings (SSSR count). The first kappa shape index (κ1) is 13.4.